The summed E-state index contributed by atoms with van der Waals surface area (Å²) in [6, 6.07) is 14.3. The zero-order valence-corrected chi connectivity index (χ0v) is 13.8. The molecule has 1 aliphatic carbocycles. The molecule has 4 heteroatoms. The lowest BCUT2D eigenvalue weighted by Crippen LogP contribution is -2.34. The molecular formula is C20H23NO3. The van der Waals surface area contributed by atoms with Gasteiger partial charge in [-0.25, -0.2) is 0 Å². The first-order chi connectivity index (χ1) is 11.8. The highest BCUT2D eigenvalue weighted by atomic mass is 16.7. The van der Waals surface area contributed by atoms with Gasteiger partial charge in [0, 0.05) is 24.5 Å². The normalized spacial score (nSPS) is 20.3. The summed E-state index contributed by atoms with van der Waals surface area (Å²) >= 11 is 0. The van der Waals surface area contributed by atoms with E-state index in [1.54, 1.807) is 0 Å². The maximum atomic E-state index is 5.81. The van der Waals surface area contributed by atoms with Crippen LogP contribution >= 0.6 is 0 Å². The third-order valence-electron chi connectivity index (χ3n) is 4.99. The Morgan fingerprint density at radius 3 is 2.42 bits per heavy atom. The number of hydrogen-bond donors (Lipinski definition) is 0. The van der Waals surface area contributed by atoms with E-state index in [0.717, 1.165) is 55.9 Å². The number of rotatable bonds is 4. The fraction of sp³-hybridized carbons (Fsp3) is 0.450. The van der Waals surface area contributed by atoms with E-state index >= 15 is 0 Å². The van der Waals surface area contributed by atoms with Gasteiger partial charge in [-0.2, -0.15) is 0 Å². The van der Waals surface area contributed by atoms with Gasteiger partial charge in [0.2, 0.25) is 0 Å². The molecule has 24 heavy (non-hydrogen) atoms. The van der Waals surface area contributed by atoms with Crippen LogP contribution in [0.15, 0.2) is 48.7 Å². The smallest absolute Gasteiger partial charge is 0.168 e. The molecule has 0 bridgehead atoms. The van der Waals surface area contributed by atoms with Crippen LogP contribution in [0, 0.1) is 0 Å². The number of benzene rings is 1. The van der Waals surface area contributed by atoms with Crippen molar-refractivity contribution in [3.63, 3.8) is 0 Å². The predicted octanol–water partition coefficient (Wildman–Crippen LogP) is 4.06. The van der Waals surface area contributed by atoms with Gasteiger partial charge in [0.15, 0.2) is 5.79 Å². The van der Waals surface area contributed by atoms with Crippen LogP contribution in [0.5, 0.6) is 5.75 Å². The third kappa shape index (κ3) is 3.45. The van der Waals surface area contributed by atoms with Crippen LogP contribution in [0.3, 0.4) is 0 Å². The van der Waals surface area contributed by atoms with E-state index in [1.165, 1.54) is 0 Å². The van der Waals surface area contributed by atoms with Crippen molar-refractivity contribution < 1.29 is 14.2 Å². The molecular weight excluding hydrogens is 302 g/mol. The second-order valence-corrected chi connectivity index (χ2v) is 6.57. The van der Waals surface area contributed by atoms with E-state index < -0.39 is 0 Å². The number of pyridine rings is 1. The van der Waals surface area contributed by atoms with E-state index in [0.29, 0.717) is 12.5 Å². The third-order valence-corrected chi connectivity index (χ3v) is 4.99. The van der Waals surface area contributed by atoms with Gasteiger partial charge in [0.25, 0.3) is 0 Å². The molecule has 0 atom stereocenters. The Labute approximate surface area is 142 Å². The molecule has 0 amide bonds. The van der Waals surface area contributed by atoms with E-state index in [-0.39, 0.29) is 5.79 Å². The van der Waals surface area contributed by atoms with Crippen molar-refractivity contribution >= 4 is 0 Å². The summed E-state index contributed by atoms with van der Waals surface area (Å²) in [5.41, 5.74) is 2.31. The Bertz CT molecular complexity index is 640. The fourth-order valence-electron chi connectivity index (χ4n) is 3.60. The van der Waals surface area contributed by atoms with Gasteiger partial charge in [-0.3, -0.25) is 4.98 Å². The van der Waals surface area contributed by atoms with Crippen molar-refractivity contribution in [2.24, 2.45) is 0 Å². The van der Waals surface area contributed by atoms with Crippen molar-refractivity contribution in [3.05, 3.63) is 59.9 Å². The number of hydrogen-bond acceptors (Lipinski definition) is 4. The zero-order chi connectivity index (χ0) is 16.2. The van der Waals surface area contributed by atoms with Crippen molar-refractivity contribution in [2.45, 2.75) is 44.0 Å². The highest BCUT2D eigenvalue weighted by molar-refractivity contribution is 5.23. The minimum Gasteiger partial charge on any atom is -0.487 e. The first-order valence-corrected chi connectivity index (χ1v) is 8.74. The van der Waals surface area contributed by atoms with Gasteiger partial charge in [-0.1, -0.05) is 30.3 Å². The molecule has 0 N–H and O–H groups in total. The summed E-state index contributed by atoms with van der Waals surface area (Å²) in [6.45, 7) is 2.04. The number of nitrogens with zero attached hydrogens (tertiary/aromatic N) is 1. The van der Waals surface area contributed by atoms with Crippen molar-refractivity contribution in [1.29, 1.82) is 0 Å². The highest BCUT2D eigenvalue weighted by Crippen LogP contribution is 2.41. The first kappa shape index (κ1) is 15.6. The second kappa shape index (κ2) is 6.91. The van der Waals surface area contributed by atoms with Gasteiger partial charge in [0.05, 0.1) is 19.4 Å². The molecule has 1 spiro atoms. The van der Waals surface area contributed by atoms with Crippen molar-refractivity contribution in [2.75, 3.05) is 13.2 Å². The Hall–Kier alpha value is -1.91. The average Bonchev–Trinajstić information content (AvgIpc) is 3.10. The molecule has 2 heterocycles. The molecule has 126 valence electrons. The molecule has 1 aromatic heterocycles. The second-order valence-electron chi connectivity index (χ2n) is 6.57. The lowest BCUT2D eigenvalue weighted by molar-refractivity contribution is -0.178. The molecule has 1 saturated carbocycles. The maximum Gasteiger partial charge on any atom is 0.168 e. The van der Waals surface area contributed by atoms with E-state index in [1.807, 2.05) is 30.5 Å². The molecule has 1 saturated heterocycles. The van der Waals surface area contributed by atoms with Crippen LogP contribution in [-0.4, -0.2) is 24.0 Å². The Morgan fingerprint density at radius 1 is 1.00 bits per heavy atom. The first-order valence-electron chi connectivity index (χ1n) is 8.74. The minimum absolute atomic E-state index is 0.296. The van der Waals surface area contributed by atoms with E-state index in [4.69, 9.17) is 14.2 Å². The Morgan fingerprint density at radius 2 is 1.75 bits per heavy atom. The Balaban J connectivity index is 1.32. The van der Waals surface area contributed by atoms with E-state index in [2.05, 4.69) is 23.2 Å². The zero-order valence-electron chi connectivity index (χ0n) is 13.8. The highest BCUT2D eigenvalue weighted by Gasteiger charge is 2.40. The molecule has 1 aromatic carbocycles. The molecule has 2 aliphatic rings. The molecule has 2 aromatic rings. The fourth-order valence-corrected chi connectivity index (χ4v) is 3.60. The quantitative estimate of drug-likeness (QED) is 0.850. The Kier molecular flexibility index (Phi) is 4.50. The monoisotopic (exact) mass is 325 g/mol. The lowest BCUT2D eigenvalue weighted by atomic mass is 9.83. The summed E-state index contributed by atoms with van der Waals surface area (Å²) < 4.78 is 17.4. The molecule has 1 aliphatic heterocycles. The summed E-state index contributed by atoms with van der Waals surface area (Å²) in [4.78, 5) is 4.62. The molecule has 4 rings (SSSR count). The van der Waals surface area contributed by atoms with Crippen molar-refractivity contribution in [3.8, 4) is 5.75 Å². The topological polar surface area (TPSA) is 40.6 Å². The van der Waals surface area contributed by atoms with Crippen LogP contribution < -0.4 is 4.74 Å². The largest absolute Gasteiger partial charge is 0.487 e. The van der Waals surface area contributed by atoms with Crippen molar-refractivity contribution in [1.82, 2.24) is 4.98 Å². The number of ether oxygens (including phenoxy) is 3. The summed E-state index contributed by atoms with van der Waals surface area (Å²) in [7, 11) is 0. The van der Waals surface area contributed by atoms with Gasteiger partial charge >= 0.3 is 0 Å². The lowest BCUT2D eigenvalue weighted by Gasteiger charge is -2.35. The summed E-state index contributed by atoms with van der Waals surface area (Å²) in [6.07, 6.45) is 5.90. The molecule has 0 radical (unpaired) electrons. The minimum atomic E-state index is -0.296. The van der Waals surface area contributed by atoms with Gasteiger partial charge in [-0.15, -0.1) is 0 Å². The van der Waals surface area contributed by atoms with Crippen LogP contribution in [0.25, 0.3) is 0 Å². The maximum absolute atomic E-state index is 5.81. The molecule has 2 fully saturated rings. The average molecular weight is 325 g/mol. The van der Waals surface area contributed by atoms with Crippen LogP contribution in [0.4, 0.5) is 0 Å². The molecule has 0 unspecified atom stereocenters. The summed E-state index contributed by atoms with van der Waals surface area (Å²) in [5.74, 6) is 1.01. The van der Waals surface area contributed by atoms with E-state index in [9.17, 15) is 0 Å². The van der Waals surface area contributed by atoms with Gasteiger partial charge in [-0.05, 0) is 30.5 Å². The van der Waals surface area contributed by atoms with Crippen LogP contribution in [0.1, 0.15) is 42.9 Å². The van der Waals surface area contributed by atoms with Crippen LogP contribution in [0.2, 0.25) is 0 Å². The summed E-state index contributed by atoms with van der Waals surface area (Å²) in [5, 5.41) is 0. The molecule has 4 nitrogen and oxygen atoms in total. The van der Waals surface area contributed by atoms with Crippen LogP contribution in [-0.2, 0) is 16.1 Å². The van der Waals surface area contributed by atoms with Gasteiger partial charge < -0.3 is 14.2 Å². The van der Waals surface area contributed by atoms with Gasteiger partial charge in [0.1, 0.15) is 12.4 Å². The SMILES string of the molecule is c1ccc(COc2ccc(C3CCC4(CC3)OCCO4)nc2)cc1. The standard InChI is InChI=1S/C20H23NO3/c1-2-4-16(5-3-1)15-22-18-6-7-19(21-14-18)17-8-10-20(11-9-17)23-12-13-24-20/h1-7,14,17H,8-13,15H2. The predicted molar refractivity (Wildman–Crippen MR) is 90.9 cm³/mol. The number of aromatic nitrogens is 1.